The van der Waals surface area contributed by atoms with Crippen molar-refractivity contribution in [2.75, 3.05) is 0 Å². The highest BCUT2D eigenvalue weighted by Gasteiger charge is 2.14. The third kappa shape index (κ3) is 3.38. The van der Waals surface area contributed by atoms with Crippen molar-refractivity contribution in [3.63, 3.8) is 0 Å². The van der Waals surface area contributed by atoms with Crippen LogP contribution in [0.5, 0.6) is 0 Å². The lowest BCUT2D eigenvalue weighted by molar-refractivity contribution is 0.110. The highest BCUT2D eigenvalue weighted by atomic mass is 35.5. The topological polar surface area (TPSA) is 27.1 Å². The second kappa shape index (κ2) is 7.20. The number of fused-ring (bicyclic) bond motifs is 1. The number of aromatic nitrogens is 2. The summed E-state index contributed by atoms with van der Waals surface area (Å²) in [6.45, 7) is 0.289. The highest BCUT2D eigenvalue weighted by Crippen LogP contribution is 2.26. The van der Waals surface area contributed by atoms with E-state index in [1.54, 1.807) is 16.9 Å². The molecule has 0 fully saturated rings. The van der Waals surface area contributed by atoms with Crippen molar-refractivity contribution in [2.45, 2.75) is 6.61 Å². The van der Waals surface area contributed by atoms with Crippen LogP contribution in [0.4, 0.5) is 0 Å². The minimum Gasteiger partial charge on any atom is -0.407 e. The van der Waals surface area contributed by atoms with E-state index in [9.17, 15) is 0 Å². The monoisotopic (exact) mass is 402 g/mol. The lowest BCUT2D eigenvalue weighted by atomic mass is 10.2. The third-order valence-electron chi connectivity index (χ3n) is 3.99. The van der Waals surface area contributed by atoms with E-state index < -0.39 is 0 Å². The number of para-hydroxylation sites is 2. The van der Waals surface area contributed by atoms with Gasteiger partial charge in [-0.25, -0.2) is 4.98 Å². The molecule has 0 atom stereocenters. The molecule has 0 aliphatic rings. The molecule has 26 heavy (non-hydrogen) atoms. The van der Waals surface area contributed by atoms with Crippen molar-refractivity contribution < 1.29 is 4.84 Å². The minimum absolute atomic E-state index is 0.289. The number of imidazole rings is 1. The summed E-state index contributed by atoms with van der Waals surface area (Å²) in [5.74, 6) is 0.702. The lowest BCUT2D eigenvalue weighted by Crippen LogP contribution is -2.12. The van der Waals surface area contributed by atoms with Crippen LogP contribution in [0.2, 0.25) is 15.1 Å². The van der Waals surface area contributed by atoms with Crippen LogP contribution in [0.25, 0.3) is 22.4 Å². The van der Waals surface area contributed by atoms with E-state index in [4.69, 9.17) is 44.6 Å². The second-order valence-electron chi connectivity index (χ2n) is 5.73. The Morgan fingerprint density at radius 3 is 2.35 bits per heavy atom. The highest BCUT2D eigenvalue weighted by molar-refractivity contribution is 6.35. The van der Waals surface area contributed by atoms with E-state index in [-0.39, 0.29) is 6.61 Å². The van der Waals surface area contributed by atoms with Crippen LogP contribution in [-0.4, -0.2) is 9.71 Å². The Morgan fingerprint density at radius 2 is 1.58 bits per heavy atom. The molecule has 0 aliphatic heterocycles. The van der Waals surface area contributed by atoms with Crippen molar-refractivity contribution in [2.24, 2.45) is 0 Å². The van der Waals surface area contributed by atoms with Crippen molar-refractivity contribution in [1.29, 1.82) is 0 Å². The molecule has 0 unspecified atom stereocenters. The van der Waals surface area contributed by atoms with Gasteiger partial charge in [0.2, 0.25) is 0 Å². The van der Waals surface area contributed by atoms with Gasteiger partial charge in [-0.05, 0) is 48.5 Å². The molecule has 0 aliphatic carbocycles. The van der Waals surface area contributed by atoms with Crippen LogP contribution >= 0.6 is 34.8 Å². The molecule has 3 aromatic carbocycles. The summed E-state index contributed by atoms with van der Waals surface area (Å²) in [6.07, 6.45) is 0. The lowest BCUT2D eigenvalue weighted by Gasteiger charge is -2.12. The van der Waals surface area contributed by atoms with Gasteiger partial charge in [-0.3, -0.25) is 0 Å². The van der Waals surface area contributed by atoms with Crippen LogP contribution in [-0.2, 0) is 6.61 Å². The molecule has 6 heteroatoms. The van der Waals surface area contributed by atoms with E-state index in [1.165, 1.54) is 0 Å². The van der Waals surface area contributed by atoms with E-state index in [1.807, 2.05) is 54.6 Å². The molecule has 0 saturated carbocycles. The predicted octanol–water partition coefficient (Wildman–Crippen LogP) is 6.29. The Bertz CT molecular complexity index is 1070. The molecule has 0 radical (unpaired) electrons. The molecule has 1 heterocycles. The summed E-state index contributed by atoms with van der Waals surface area (Å²) in [6, 6.07) is 20.6. The largest absolute Gasteiger partial charge is 0.407 e. The SMILES string of the molecule is Clc1ccc(-c2nc3ccccc3n2OCc2ccc(Cl)cc2Cl)cc1. The summed E-state index contributed by atoms with van der Waals surface area (Å²) in [7, 11) is 0. The van der Waals surface area contributed by atoms with Crippen molar-refractivity contribution in [1.82, 2.24) is 9.71 Å². The molecular weight excluding hydrogens is 391 g/mol. The molecular formula is C20H13Cl3N2O. The third-order valence-corrected chi connectivity index (χ3v) is 4.82. The molecule has 0 spiro atoms. The summed E-state index contributed by atoms with van der Waals surface area (Å²) < 4.78 is 1.73. The van der Waals surface area contributed by atoms with Gasteiger partial charge >= 0.3 is 0 Å². The summed E-state index contributed by atoms with van der Waals surface area (Å²) >= 11 is 18.2. The van der Waals surface area contributed by atoms with Crippen LogP contribution in [0.1, 0.15) is 5.56 Å². The van der Waals surface area contributed by atoms with Gasteiger partial charge in [-0.1, -0.05) is 53.0 Å². The van der Waals surface area contributed by atoms with Crippen LogP contribution < -0.4 is 4.84 Å². The van der Waals surface area contributed by atoms with E-state index in [0.717, 1.165) is 22.2 Å². The number of hydrogen-bond acceptors (Lipinski definition) is 2. The minimum atomic E-state index is 0.289. The Labute approximate surface area is 165 Å². The zero-order valence-corrected chi connectivity index (χ0v) is 15.8. The first kappa shape index (κ1) is 17.2. The number of hydrogen-bond donors (Lipinski definition) is 0. The van der Waals surface area contributed by atoms with Crippen molar-refractivity contribution in [3.05, 3.63) is 87.4 Å². The Morgan fingerprint density at radius 1 is 0.846 bits per heavy atom. The van der Waals surface area contributed by atoms with Gasteiger partial charge < -0.3 is 4.84 Å². The van der Waals surface area contributed by atoms with Gasteiger partial charge in [0.15, 0.2) is 5.82 Å². The number of benzene rings is 3. The van der Waals surface area contributed by atoms with Crippen molar-refractivity contribution >= 4 is 45.8 Å². The van der Waals surface area contributed by atoms with Gasteiger partial charge in [-0.15, -0.1) is 0 Å². The fraction of sp³-hybridized carbons (Fsp3) is 0.0500. The Kier molecular flexibility index (Phi) is 4.77. The standard InChI is InChI=1S/C20H13Cl3N2O/c21-15-8-5-13(6-9-15)20-24-18-3-1-2-4-19(18)25(20)26-12-14-7-10-16(22)11-17(14)23/h1-11H,12H2. The molecule has 1 aromatic heterocycles. The normalized spacial score (nSPS) is 11.0. The number of halogens is 3. The van der Waals surface area contributed by atoms with Gasteiger partial charge in [-0.2, -0.15) is 4.73 Å². The fourth-order valence-electron chi connectivity index (χ4n) is 2.69. The Balaban J connectivity index is 1.75. The average Bonchev–Trinajstić information content (AvgIpc) is 3.00. The summed E-state index contributed by atoms with van der Waals surface area (Å²) in [5, 5.41) is 1.83. The molecule has 4 rings (SSSR count). The maximum Gasteiger partial charge on any atom is 0.176 e. The first-order valence-corrected chi connectivity index (χ1v) is 9.06. The maximum atomic E-state index is 6.26. The summed E-state index contributed by atoms with van der Waals surface area (Å²) in [5.41, 5.74) is 3.48. The molecule has 4 aromatic rings. The van der Waals surface area contributed by atoms with Crippen LogP contribution in [0.15, 0.2) is 66.7 Å². The molecule has 0 bridgehead atoms. The first-order chi connectivity index (χ1) is 12.6. The van der Waals surface area contributed by atoms with Crippen LogP contribution in [0.3, 0.4) is 0 Å². The quantitative estimate of drug-likeness (QED) is 0.400. The van der Waals surface area contributed by atoms with E-state index in [2.05, 4.69) is 0 Å². The molecule has 0 saturated heterocycles. The van der Waals surface area contributed by atoms with Gasteiger partial charge in [0.1, 0.15) is 12.1 Å². The zero-order chi connectivity index (χ0) is 18.1. The average molecular weight is 404 g/mol. The first-order valence-electron chi connectivity index (χ1n) is 7.92. The number of nitrogens with zero attached hydrogens (tertiary/aromatic N) is 2. The predicted molar refractivity (Wildman–Crippen MR) is 107 cm³/mol. The fourth-order valence-corrected chi connectivity index (χ4v) is 3.28. The number of rotatable bonds is 4. The summed E-state index contributed by atoms with van der Waals surface area (Å²) in [4.78, 5) is 10.8. The van der Waals surface area contributed by atoms with Crippen LogP contribution in [0, 0.1) is 0 Å². The Hall–Kier alpha value is -2.20. The zero-order valence-electron chi connectivity index (χ0n) is 13.5. The van der Waals surface area contributed by atoms with E-state index in [0.29, 0.717) is 20.9 Å². The second-order valence-corrected chi connectivity index (χ2v) is 7.01. The van der Waals surface area contributed by atoms with E-state index >= 15 is 0 Å². The molecule has 3 nitrogen and oxygen atoms in total. The molecule has 130 valence electrons. The van der Waals surface area contributed by atoms with Gasteiger partial charge in [0, 0.05) is 26.2 Å². The van der Waals surface area contributed by atoms with Crippen molar-refractivity contribution in [3.8, 4) is 11.4 Å². The van der Waals surface area contributed by atoms with Gasteiger partial charge in [0.25, 0.3) is 0 Å². The maximum absolute atomic E-state index is 6.26. The molecule has 0 N–H and O–H groups in total. The smallest absolute Gasteiger partial charge is 0.176 e. The van der Waals surface area contributed by atoms with Gasteiger partial charge in [0.05, 0.1) is 5.52 Å². The molecule has 0 amide bonds.